The number of ketones is 1. The number of esters is 1. The second-order valence-corrected chi connectivity index (χ2v) is 7.31. The highest BCUT2D eigenvalue weighted by Crippen LogP contribution is 2.23. The smallest absolute Gasteiger partial charge is 0.344 e. The number of nitrogens with zero attached hydrogens (tertiary/aromatic N) is 2. The molecule has 0 saturated heterocycles. The molecule has 8 nitrogen and oxygen atoms in total. The van der Waals surface area contributed by atoms with Crippen molar-refractivity contribution in [1.82, 2.24) is 15.3 Å². The summed E-state index contributed by atoms with van der Waals surface area (Å²) in [4.78, 5) is 45.2. The average molecular weight is 425 g/mol. The second-order valence-electron chi connectivity index (χ2n) is 6.15. The molecule has 0 saturated carbocycles. The molecule has 0 fully saturated rings. The SMILES string of the molecule is CC(=O)NCCc1ccc(C(=O)COC(=O)c2cccnc2Oc2cccnc2)s1. The lowest BCUT2D eigenvalue weighted by Gasteiger charge is -2.09. The minimum atomic E-state index is -0.710. The number of aromatic nitrogens is 2. The van der Waals surface area contributed by atoms with E-state index in [1.165, 1.54) is 36.7 Å². The molecule has 0 aliphatic carbocycles. The molecule has 3 aromatic heterocycles. The Morgan fingerprint density at radius 2 is 1.93 bits per heavy atom. The van der Waals surface area contributed by atoms with Crippen LogP contribution in [0.15, 0.2) is 55.0 Å². The standard InChI is InChI=1S/C21H19N3O5S/c1-14(25)23-11-8-16-6-7-19(30-16)18(26)13-28-21(27)17-5-3-10-24-20(17)29-15-4-2-9-22-12-15/h2-7,9-10,12H,8,11,13H2,1H3,(H,23,25). The van der Waals surface area contributed by atoms with E-state index in [0.717, 1.165) is 4.88 Å². The largest absolute Gasteiger partial charge is 0.454 e. The number of thiophene rings is 1. The summed E-state index contributed by atoms with van der Waals surface area (Å²) < 4.78 is 10.8. The van der Waals surface area contributed by atoms with E-state index in [9.17, 15) is 14.4 Å². The van der Waals surface area contributed by atoms with Gasteiger partial charge in [-0.2, -0.15) is 0 Å². The van der Waals surface area contributed by atoms with Crippen LogP contribution in [0, 0.1) is 0 Å². The van der Waals surface area contributed by atoms with Crippen molar-refractivity contribution in [2.75, 3.05) is 13.2 Å². The van der Waals surface area contributed by atoms with Crippen LogP contribution >= 0.6 is 11.3 Å². The first-order valence-corrected chi connectivity index (χ1v) is 9.91. The summed E-state index contributed by atoms with van der Waals surface area (Å²) in [7, 11) is 0. The molecule has 1 amide bonds. The minimum Gasteiger partial charge on any atom is -0.454 e. The van der Waals surface area contributed by atoms with Crippen LogP contribution in [0.4, 0.5) is 0 Å². The third kappa shape index (κ3) is 5.95. The summed E-state index contributed by atoms with van der Waals surface area (Å²) in [5.41, 5.74) is 0.108. The van der Waals surface area contributed by atoms with Gasteiger partial charge in [-0.15, -0.1) is 11.3 Å². The number of amides is 1. The van der Waals surface area contributed by atoms with E-state index in [2.05, 4.69) is 15.3 Å². The normalized spacial score (nSPS) is 10.3. The number of pyridine rings is 2. The monoisotopic (exact) mass is 425 g/mol. The molecular weight excluding hydrogens is 406 g/mol. The zero-order valence-electron chi connectivity index (χ0n) is 16.2. The summed E-state index contributed by atoms with van der Waals surface area (Å²) in [6, 6.07) is 9.97. The maximum Gasteiger partial charge on any atom is 0.344 e. The van der Waals surface area contributed by atoms with Crippen molar-refractivity contribution in [3.8, 4) is 11.6 Å². The fourth-order valence-corrected chi connectivity index (χ4v) is 3.38. The Hall–Kier alpha value is -3.59. The molecule has 0 unspecified atom stereocenters. The van der Waals surface area contributed by atoms with Gasteiger partial charge < -0.3 is 14.8 Å². The quantitative estimate of drug-likeness (QED) is 0.415. The summed E-state index contributed by atoms with van der Waals surface area (Å²) in [6.45, 7) is 1.55. The molecule has 30 heavy (non-hydrogen) atoms. The maximum absolute atomic E-state index is 12.5. The molecule has 1 N–H and O–H groups in total. The van der Waals surface area contributed by atoms with E-state index in [1.54, 1.807) is 30.5 Å². The number of ether oxygens (including phenoxy) is 2. The van der Waals surface area contributed by atoms with Gasteiger partial charge in [-0.1, -0.05) is 0 Å². The Morgan fingerprint density at radius 1 is 1.10 bits per heavy atom. The molecule has 154 valence electrons. The zero-order chi connectivity index (χ0) is 21.3. The first-order valence-electron chi connectivity index (χ1n) is 9.09. The van der Waals surface area contributed by atoms with Gasteiger partial charge in [-0.3, -0.25) is 14.6 Å². The molecule has 3 heterocycles. The third-order valence-electron chi connectivity index (χ3n) is 3.86. The van der Waals surface area contributed by atoms with Crippen molar-refractivity contribution in [3.63, 3.8) is 0 Å². The molecular formula is C21H19N3O5S. The predicted molar refractivity (Wildman–Crippen MR) is 110 cm³/mol. The minimum absolute atomic E-state index is 0.0688. The highest BCUT2D eigenvalue weighted by Gasteiger charge is 2.18. The van der Waals surface area contributed by atoms with Crippen LogP contribution in [0.25, 0.3) is 0 Å². The summed E-state index contributed by atoms with van der Waals surface area (Å²) in [5, 5.41) is 2.71. The highest BCUT2D eigenvalue weighted by atomic mass is 32.1. The third-order valence-corrected chi connectivity index (χ3v) is 5.04. The van der Waals surface area contributed by atoms with Crippen LogP contribution in [0.1, 0.15) is 31.8 Å². The summed E-state index contributed by atoms with van der Waals surface area (Å²) in [6.07, 6.45) is 5.21. The lowest BCUT2D eigenvalue weighted by Crippen LogP contribution is -2.22. The van der Waals surface area contributed by atoms with Crippen molar-refractivity contribution in [1.29, 1.82) is 0 Å². The highest BCUT2D eigenvalue weighted by molar-refractivity contribution is 7.14. The fraction of sp³-hybridized carbons (Fsp3) is 0.190. The maximum atomic E-state index is 12.5. The van der Waals surface area contributed by atoms with Gasteiger partial charge >= 0.3 is 5.97 Å². The predicted octanol–water partition coefficient (Wildman–Crippen LogP) is 3.05. The van der Waals surface area contributed by atoms with Crippen molar-refractivity contribution in [2.24, 2.45) is 0 Å². The number of carbonyl (C=O) groups excluding carboxylic acids is 3. The van der Waals surface area contributed by atoms with Crippen LogP contribution in [-0.2, 0) is 16.0 Å². The molecule has 0 spiro atoms. The van der Waals surface area contributed by atoms with Gasteiger partial charge in [-0.25, -0.2) is 9.78 Å². The molecule has 0 atom stereocenters. The number of rotatable bonds is 9. The van der Waals surface area contributed by atoms with Crippen molar-refractivity contribution < 1.29 is 23.9 Å². The van der Waals surface area contributed by atoms with E-state index in [4.69, 9.17) is 9.47 Å². The number of hydrogen-bond acceptors (Lipinski definition) is 8. The number of hydrogen-bond donors (Lipinski definition) is 1. The molecule has 0 aliphatic heterocycles. The first kappa shape index (κ1) is 21.1. The van der Waals surface area contributed by atoms with E-state index >= 15 is 0 Å². The summed E-state index contributed by atoms with van der Waals surface area (Å²) >= 11 is 1.31. The van der Waals surface area contributed by atoms with E-state index in [-0.39, 0.29) is 23.1 Å². The molecule has 3 rings (SSSR count). The van der Waals surface area contributed by atoms with Crippen LogP contribution in [0.2, 0.25) is 0 Å². The van der Waals surface area contributed by atoms with Gasteiger partial charge in [0.15, 0.2) is 6.61 Å². The number of nitrogens with one attached hydrogen (secondary N) is 1. The van der Waals surface area contributed by atoms with Gasteiger partial charge in [0.2, 0.25) is 17.6 Å². The van der Waals surface area contributed by atoms with E-state index in [0.29, 0.717) is 23.6 Å². The number of carbonyl (C=O) groups is 3. The van der Waals surface area contributed by atoms with Gasteiger partial charge in [0.1, 0.15) is 11.3 Å². The molecule has 0 radical (unpaired) electrons. The van der Waals surface area contributed by atoms with Crippen LogP contribution < -0.4 is 10.1 Å². The van der Waals surface area contributed by atoms with Crippen molar-refractivity contribution in [2.45, 2.75) is 13.3 Å². The van der Waals surface area contributed by atoms with Gasteiger partial charge in [0, 0.05) is 30.7 Å². The van der Waals surface area contributed by atoms with Crippen LogP contribution in [0.5, 0.6) is 11.6 Å². The Morgan fingerprint density at radius 3 is 2.70 bits per heavy atom. The number of Topliss-reactive ketones (excluding diaryl/α,β-unsaturated/α-hetero) is 1. The molecule has 0 aliphatic rings. The van der Waals surface area contributed by atoms with Crippen molar-refractivity contribution in [3.05, 3.63) is 70.3 Å². The Kier molecular flexibility index (Phi) is 7.23. The Labute approximate surface area is 176 Å². The zero-order valence-corrected chi connectivity index (χ0v) is 17.0. The second kappa shape index (κ2) is 10.3. The van der Waals surface area contributed by atoms with Gasteiger partial charge in [-0.05, 0) is 42.8 Å². The van der Waals surface area contributed by atoms with Crippen molar-refractivity contribution >= 4 is 29.0 Å². The topological polar surface area (TPSA) is 107 Å². The van der Waals surface area contributed by atoms with E-state index in [1.807, 2.05) is 6.07 Å². The van der Waals surface area contributed by atoms with Gasteiger partial charge in [0.25, 0.3) is 0 Å². The van der Waals surface area contributed by atoms with Crippen LogP contribution in [0.3, 0.4) is 0 Å². The van der Waals surface area contributed by atoms with Crippen LogP contribution in [-0.4, -0.2) is 40.8 Å². The average Bonchev–Trinajstić information content (AvgIpc) is 3.22. The van der Waals surface area contributed by atoms with E-state index < -0.39 is 12.6 Å². The molecule has 9 heteroatoms. The molecule has 3 aromatic rings. The lowest BCUT2D eigenvalue weighted by molar-refractivity contribution is -0.118. The first-order chi connectivity index (χ1) is 14.5. The Balaban J connectivity index is 1.57. The summed E-state index contributed by atoms with van der Waals surface area (Å²) in [5.74, 6) is -0.626. The fourth-order valence-electron chi connectivity index (χ4n) is 2.45. The van der Waals surface area contributed by atoms with Gasteiger partial charge in [0.05, 0.1) is 11.1 Å². The lowest BCUT2D eigenvalue weighted by atomic mass is 10.2. The molecule has 0 aromatic carbocycles. The Bertz CT molecular complexity index is 1040. The molecule has 0 bridgehead atoms.